The lowest BCUT2D eigenvalue weighted by molar-refractivity contribution is -0.946. The number of unbranched alkanes of at least 4 members (excludes halogenated alkanes) is 4. The molecule has 0 aliphatic carbocycles. The van der Waals surface area contributed by atoms with Crippen molar-refractivity contribution < 1.29 is 44.9 Å². The first-order valence-corrected chi connectivity index (χ1v) is 14.5. The van der Waals surface area contributed by atoms with Gasteiger partial charge in [-0.3, -0.25) is 0 Å². The van der Waals surface area contributed by atoms with Crippen LogP contribution in [0.2, 0.25) is 0 Å². The van der Waals surface area contributed by atoms with Crippen molar-refractivity contribution in [2.75, 3.05) is 46.9 Å². The fourth-order valence-electron chi connectivity index (χ4n) is 6.22. The Bertz CT molecular complexity index is 1030. The maximum Gasteiger partial charge on any atom is 0.410 e. The first-order valence-electron chi connectivity index (χ1n) is 14.5. The van der Waals surface area contributed by atoms with E-state index in [2.05, 4.69) is 6.92 Å². The molecule has 0 saturated carbocycles. The van der Waals surface area contributed by atoms with Crippen LogP contribution in [-0.2, 0) is 17.7 Å². The van der Waals surface area contributed by atoms with Crippen molar-refractivity contribution in [3.8, 4) is 11.5 Å². The van der Waals surface area contributed by atoms with Gasteiger partial charge >= 0.3 is 6.09 Å². The van der Waals surface area contributed by atoms with Gasteiger partial charge in [0.1, 0.15) is 18.1 Å². The third kappa shape index (κ3) is 8.40. The Kier molecular flexibility index (Phi) is 12.0. The Morgan fingerprint density at radius 2 is 1.77 bits per heavy atom. The minimum atomic E-state index is -0.237. The fourth-order valence-corrected chi connectivity index (χ4v) is 6.22. The van der Waals surface area contributed by atoms with Crippen LogP contribution in [0.5, 0.6) is 11.5 Å². The van der Waals surface area contributed by atoms with Gasteiger partial charge in [0.05, 0.1) is 40.4 Å². The number of piperidine rings is 3. The van der Waals surface area contributed by atoms with Gasteiger partial charge in [-0.2, -0.15) is 0 Å². The third-order valence-electron chi connectivity index (χ3n) is 8.55. The highest BCUT2D eigenvalue weighted by Crippen LogP contribution is 2.36. The molecule has 8 heteroatoms. The molecule has 0 radical (unpaired) electrons. The lowest BCUT2D eigenvalue weighted by atomic mass is 9.83. The summed E-state index contributed by atoms with van der Waals surface area (Å²) in [4.78, 5) is 15.4. The Labute approximate surface area is 245 Å². The second kappa shape index (κ2) is 15.0. The number of carbonyl (C=O) groups is 1. The number of hydrogen-bond acceptors (Lipinski definition) is 5. The van der Waals surface area contributed by atoms with E-state index in [4.69, 9.17) is 18.6 Å². The van der Waals surface area contributed by atoms with Gasteiger partial charge in [-0.15, -0.1) is 0 Å². The van der Waals surface area contributed by atoms with Gasteiger partial charge in [-0.05, 0) is 56.0 Å². The van der Waals surface area contributed by atoms with Crippen LogP contribution in [0.4, 0.5) is 4.79 Å². The summed E-state index contributed by atoms with van der Waals surface area (Å²) in [6.45, 7) is 9.78. The monoisotopic (exact) mass is 606 g/mol. The zero-order chi connectivity index (χ0) is 27.0. The van der Waals surface area contributed by atoms with Crippen LogP contribution in [0.25, 0.3) is 0 Å². The molecule has 3 aliphatic rings. The van der Waals surface area contributed by atoms with Gasteiger partial charge in [0.25, 0.3) is 0 Å². The van der Waals surface area contributed by atoms with E-state index in [0.29, 0.717) is 36.9 Å². The summed E-state index contributed by atoms with van der Waals surface area (Å²) in [7, 11) is 3.27. The van der Waals surface area contributed by atoms with Crippen LogP contribution in [0.1, 0.15) is 69.0 Å². The number of amides is 1. The Morgan fingerprint density at radius 3 is 2.44 bits per heavy atom. The fraction of sp³-hybridized carbons (Fsp3) is 0.645. The lowest BCUT2D eigenvalue weighted by Crippen LogP contribution is -3.00. The predicted molar refractivity (Wildman–Crippen MR) is 149 cm³/mol. The number of furan rings is 1. The van der Waals surface area contributed by atoms with E-state index in [1.54, 1.807) is 19.1 Å². The molecule has 1 atom stereocenters. The van der Waals surface area contributed by atoms with Gasteiger partial charge in [-0.25, -0.2) is 4.79 Å². The Balaban J connectivity index is 0.00000420. The number of aryl methyl sites for hydroxylation is 1. The minimum absolute atomic E-state index is 0. The summed E-state index contributed by atoms with van der Waals surface area (Å²) in [5, 5.41) is 0. The maximum absolute atomic E-state index is 13.6. The van der Waals surface area contributed by atoms with E-state index in [-0.39, 0.29) is 29.2 Å². The Hall–Kier alpha value is -2.19. The van der Waals surface area contributed by atoms with Crippen molar-refractivity contribution in [2.45, 2.75) is 77.9 Å². The van der Waals surface area contributed by atoms with E-state index in [1.165, 1.54) is 51.7 Å². The highest BCUT2D eigenvalue weighted by atomic mass is 79.9. The van der Waals surface area contributed by atoms with Crippen molar-refractivity contribution in [1.29, 1.82) is 0 Å². The van der Waals surface area contributed by atoms with Gasteiger partial charge in [0.15, 0.2) is 17.6 Å². The van der Waals surface area contributed by atoms with E-state index in [0.717, 1.165) is 41.0 Å². The molecule has 2 aromatic rings. The second-order valence-electron chi connectivity index (χ2n) is 11.2. The average molecular weight is 608 g/mol. The number of methoxy groups -OCH3 is 2. The smallest absolute Gasteiger partial charge is 0.410 e. The zero-order valence-corrected chi connectivity index (χ0v) is 25.8. The van der Waals surface area contributed by atoms with Crippen LogP contribution in [0.15, 0.2) is 34.7 Å². The molecule has 1 amide bonds. The number of rotatable bonds is 14. The highest BCUT2D eigenvalue weighted by molar-refractivity contribution is 5.68. The summed E-state index contributed by atoms with van der Waals surface area (Å²) < 4.78 is 24.1. The number of carbonyl (C=O) groups excluding carboxylic acids is 1. The number of halogens is 1. The van der Waals surface area contributed by atoms with Crippen LogP contribution in [0, 0.1) is 12.8 Å². The van der Waals surface area contributed by atoms with E-state index in [1.807, 2.05) is 37.3 Å². The molecule has 0 spiro atoms. The van der Waals surface area contributed by atoms with E-state index < -0.39 is 0 Å². The van der Waals surface area contributed by atoms with Crippen molar-refractivity contribution in [3.63, 3.8) is 0 Å². The van der Waals surface area contributed by atoms with Gasteiger partial charge in [-0.1, -0.05) is 32.3 Å². The number of benzene rings is 1. The molecule has 7 nitrogen and oxygen atoms in total. The summed E-state index contributed by atoms with van der Waals surface area (Å²) >= 11 is 0. The number of hydrogen-bond donors (Lipinski definition) is 0. The summed E-state index contributed by atoms with van der Waals surface area (Å²) in [6, 6.07) is 9.78. The molecule has 2 bridgehead atoms. The number of fused-ring (bicyclic) bond motifs is 3. The topological polar surface area (TPSA) is 61.1 Å². The van der Waals surface area contributed by atoms with Gasteiger partial charge in [0.2, 0.25) is 0 Å². The van der Waals surface area contributed by atoms with Gasteiger partial charge in [0, 0.05) is 25.3 Å². The maximum atomic E-state index is 13.6. The SMILES string of the molecule is CCCCCCC[N+]12CCC(CC1)[C@@H](OC(=O)N(CCc1ccc(OC)c(OC)c1)Cc1ccc(C)o1)C2.[Br-]. The molecule has 3 fully saturated rings. The number of quaternary nitrogens is 1. The molecule has 0 N–H and O–H groups in total. The molecular formula is C31H47BrN2O5. The molecule has 0 unspecified atom stereocenters. The standard InChI is InChI=1S/C31H47N2O5.BrH/c1-5-6-7-8-9-18-33-19-15-26(16-20-33)30(23-33)38-31(34)32(22-27-12-10-24(2)37-27)17-14-25-11-13-28(35-3)29(21-25)36-4;/h10-13,21,26,30H,5-9,14-20,22-23H2,1-4H3;1H/q+1;/p-1/t26?,30-,33?;/m0./s1. The molecular weight excluding hydrogens is 560 g/mol. The normalized spacial score (nSPS) is 21.7. The van der Waals surface area contributed by atoms with Crippen LogP contribution in [0.3, 0.4) is 0 Å². The molecule has 3 saturated heterocycles. The predicted octanol–water partition coefficient (Wildman–Crippen LogP) is 3.37. The van der Waals surface area contributed by atoms with Gasteiger partial charge < -0.3 is 45.0 Å². The lowest BCUT2D eigenvalue weighted by Gasteiger charge is -2.52. The summed E-state index contributed by atoms with van der Waals surface area (Å²) in [5.74, 6) is 3.49. The zero-order valence-electron chi connectivity index (χ0n) is 24.3. The molecule has 39 heavy (non-hydrogen) atoms. The molecule has 3 aliphatic heterocycles. The molecule has 5 rings (SSSR count). The summed E-state index contributed by atoms with van der Waals surface area (Å²) in [5.41, 5.74) is 1.08. The quantitative estimate of drug-likeness (QED) is 0.244. The molecule has 1 aromatic carbocycles. The molecule has 218 valence electrons. The molecule has 1 aromatic heterocycles. The van der Waals surface area contributed by atoms with E-state index >= 15 is 0 Å². The number of ether oxygens (including phenoxy) is 3. The highest BCUT2D eigenvalue weighted by Gasteiger charge is 2.47. The van der Waals surface area contributed by atoms with Crippen molar-refractivity contribution in [1.82, 2.24) is 4.90 Å². The first kappa shape index (κ1) is 31.3. The largest absolute Gasteiger partial charge is 1.00 e. The molecule has 4 heterocycles. The average Bonchev–Trinajstić information content (AvgIpc) is 3.35. The minimum Gasteiger partial charge on any atom is -1.00 e. The number of nitrogens with zero attached hydrogens (tertiary/aromatic N) is 2. The van der Waals surface area contributed by atoms with Crippen LogP contribution in [-0.4, -0.2) is 68.5 Å². The van der Waals surface area contributed by atoms with Crippen molar-refractivity contribution >= 4 is 6.09 Å². The summed E-state index contributed by atoms with van der Waals surface area (Å²) in [6.07, 6.45) is 9.30. The van der Waals surface area contributed by atoms with Crippen molar-refractivity contribution in [2.24, 2.45) is 5.92 Å². The Morgan fingerprint density at radius 1 is 1.03 bits per heavy atom. The third-order valence-corrected chi connectivity index (χ3v) is 8.55. The first-order chi connectivity index (χ1) is 18.4. The van der Waals surface area contributed by atoms with E-state index in [9.17, 15) is 4.79 Å². The van der Waals surface area contributed by atoms with Crippen LogP contribution >= 0.6 is 0 Å². The van der Waals surface area contributed by atoms with Crippen LogP contribution < -0.4 is 26.5 Å². The van der Waals surface area contributed by atoms with Crippen molar-refractivity contribution in [3.05, 3.63) is 47.4 Å². The second-order valence-corrected chi connectivity index (χ2v) is 11.2.